The van der Waals surface area contributed by atoms with Gasteiger partial charge in [0.25, 0.3) is 5.91 Å². The summed E-state index contributed by atoms with van der Waals surface area (Å²) in [5, 5.41) is 6.06. The van der Waals surface area contributed by atoms with Crippen LogP contribution in [0.2, 0.25) is 0 Å². The van der Waals surface area contributed by atoms with Crippen molar-refractivity contribution in [2.45, 2.75) is 6.42 Å². The van der Waals surface area contributed by atoms with Gasteiger partial charge in [-0.1, -0.05) is 24.3 Å². The lowest BCUT2D eigenvalue weighted by atomic mass is 10.0. The van der Waals surface area contributed by atoms with Crippen LogP contribution in [0.3, 0.4) is 0 Å². The van der Waals surface area contributed by atoms with E-state index in [1.165, 1.54) is 0 Å². The van der Waals surface area contributed by atoms with Gasteiger partial charge in [-0.3, -0.25) is 4.79 Å². The summed E-state index contributed by atoms with van der Waals surface area (Å²) in [6, 6.07) is 7.78. The molecule has 0 heterocycles. The van der Waals surface area contributed by atoms with Crippen LogP contribution in [0.1, 0.15) is 15.9 Å². The Labute approximate surface area is 119 Å². The van der Waals surface area contributed by atoms with E-state index < -0.39 is 0 Å². The molecule has 0 aliphatic rings. The van der Waals surface area contributed by atoms with E-state index in [4.69, 9.17) is 0 Å². The number of hydrogen-bond acceptors (Lipinski definition) is 3. The molecule has 1 rings (SSSR count). The number of likely N-dealkylation sites (N-methyl/N-ethyl adjacent to an activating group) is 1. The largest absolute Gasteiger partial charge is 0.351 e. The van der Waals surface area contributed by atoms with Crippen molar-refractivity contribution >= 4 is 17.7 Å². The molecule has 0 unspecified atom stereocenters. The van der Waals surface area contributed by atoms with Crippen molar-refractivity contribution in [3.63, 3.8) is 0 Å². The molecule has 1 aromatic carbocycles. The summed E-state index contributed by atoms with van der Waals surface area (Å²) < 4.78 is 0. The third kappa shape index (κ3) is 5.94. The fraction of sp³-hybridized carbons (Fsp3) is 0.400. The first kappa shape index (κ1) is 15.8. The topological polar surface area (TPSA) is 41.1 Å². The Morgan fingerprint density at radius 1 is 1.37 bits per heavy atom. The highest BCUT2D eigenvalue weighted by molar-refractivity contribution is 7.99. The first-order valence-electron chi connectivity index (χ1n) is 6.49. The summed E-state index contributed by atoms with van der Waals surface area (Å²) in [5.41, 5.74) is 1.87. The van der Waals surface area contributed by atoms with Crippen LogP contribution in [0, 0.1) is 0 Å². The molecule has 104 valence electrons. The molecule has 0 atom stereocenters. The van der Waals surface area contributed by atoms with Crippen molar-refractivity contribution < 1.29 is 4.79 Å². The van der Waals surface area contributed by atoms with E-state index in [2.05, 4.69) is 17.2 Å². The minimum Gasteiger partial charge on any atom is -0.351 e. The highest BCUT2D eigenvalue weighted by Gasteiger charge is 2.09. The average Bonchev–Trinajstić information content (AvgIpc) is 2.45. The number of carbonyl (C=O) groups is 1. The molecule has 0 saturated heterocycles. The zero-order valence-electron chi connectivity index (χ0n) is 11.4. The Bertz CT molecular complexity index is 407. The van der Waals surface area contributed by atoms with Crippen molar-refractivity contribution in [1.29, 1.82) is 0 Å². The van der Waals surface area contributed by atoms with Crippen molar-refractivity contribution in [1.82, 2.24) is 10.6 Å². The number of thioether (sulfide) groups is 1. The van der Waals surface area contributed by atoms with Crippen LogP contribution in [-0.4, -0.2) is 37.6 Å². The van der Waals surface area contributed by atoms with Gasteiger partial charge in [0, 0.05) is 23.6 Å². The SMILES string of the molecule is C=CCSCCNC(=O)c1ccccc1CCNC. The highest BCUT2D eigenvalue weighted by atomic mass is 32.2. The fourth-order valence-corrected chi connectivity index (χ4v) is 2.30. The van der Waals surface area contributed by atoms with E-state index in [0.29, 0.717) is 6.54 Å². The smallest absolute Gasteiger partial charge is 0.251 e. The first-order chi connectivity index (χ1) is 9.29. The molecule has 0 radical (unpaired) electrons. The van der Waals surface area contributed by atoms with Gasteiger partial charge < -0.3 is 10.6 Å². The van der Waals surface area contributed by atoms with E-state index >= 15 is 0 Å². The molecule has 0 spiro atoms. The second-order valence-electron chi connectivity index (χ2n) is 4.13. The van der Waals surface area contributed by atoms with Crippen molar-refractivity contribution in [3.05, 3.63) is 48.0 Å². The fourth-order valence-electron chi connectivity index (χ4n) is 1.72. The number of hydrogen-bond donors (Lipinski definition) is 2. The first-order valence-corrected chi connectivity index (χ1v) is 7.64. The molecule has 0 bridgehead atoms. The van der Waals surface area contributed by atoms with Crippen molar-refractivity contribution in [2.75, 3.05) is 31.6 Å². The molecule has 0 aromatic heterocycles. The molecule has 4 heteroatoms. The number of amides is 1. The van der Waals surface area contributed by atoms with E-state index in [1.807, 2.05) is 37.4 Å². The maximum absolute atomic E-state index is 12.1. The Morgan fingerprint density at radius 2 is 2.16 bits per heavy atom. The summed E-state index contributed by atoms with van der Waals surface area (Å²) in [5.74, 6) is 1.86. The van der Waals surface area contributed by atoms with Gasteiger partial charge in [0.1, 0.15) is 0 Å². The van der Waals surface area contributed by atoms with Crippen LogP contribution in [0.25, 0.3) is 0 Å². The lowest BCUT2D eigenvalue weighted by Crippen LogP contribution is -2.27. The van der Waals surface area contributed by atoms with E-state index in [-0.39, 0.29) is 5.91 Å². The summed E-state index contributed by atoms with van der Waals surface area (Å²) in [6.07, 6.45) is 2.74. The number of rotatable bonds is 9. The molecule has 0 fully saturated rings. The van der Waals surface area contributed by atoms with Gasteiger partial charge >= 0.3 is 0 Å². The van der Waals surface area contributed by atoms with Gasteiger partial charge in [-0.25, -0.2) is 0 Å². The van der Waals surface area contributed by atoms with Gasteiger partial charge in [-0.2, -0.15) is 11.8 Å². The molecule has 1 amide bonds. The summed E-state index contributed by atoms with van der Waals surface area (Å²) in [7, 11) is 1.92. The minimum absolute atomic E-state index is 0.0194. The Hall–Kier alpha value is -1.26. The summed E-state index contributed by atoms with van der Waals surface area (Å²) in [6.45, 7) is 5.23. The zero-order chi connectivity index (χ0) is 13.9. The summed E-state index contributed by atoms with van der Waals surface area (Å²) >= 11 is 1.77. The molecular formula is C15H22N2OS. The standard InChI is InChI=1S/C15H22N2OS/c1-3-11-19-12-10-17-15(18)14-7-5-4-6-13(14)8-9-16-2/h3-7,16H,1,8-12H2,2H3,(H,17,18). The number of carbonyl (C=O) groups excluding carboxylic acids is 1. The molecule has 0 aliphatic heterocycles. The monoisotopic (exact) mass is 278 g/mol. The number of benzene rings is 1. The lowest BCUT2D eigenvalue weighted by Gasteiger charge is -2.09. The van der Waals surface area contributed by atoms with Gasteiger partial charge in [0.2, 0.25) is 0 Å². The third-order valence-corrected chi connectivity index (χ3v) is 3.64. The average molecular weight is 278 g/mol. The van der Waals surface area contributed by atoms with Crippen molar-refractivity contribution in [3.8, 4) is 0 Å². The van der Waals surface area contributed by atoms with Crippen LogP contribution in [0.5, 0.6) is 0 Å². The molecule has 19 heavy (non-hydrogen) atoms. The van der Waals surface area contributed by atoms with Gasteiger partial charge in [-0.05, 0) is 31.6 Å². The van der Waals surface area contributed by atoms with Gasteiger partial charge in [0.05, 0.1) is 0 Å². The minimum atomic E-state index is 0.0194. The molecule has 0 aliphatic carbocycles. The van der Waals surface area contributed by atoms with Gasteiger partial charge in [-0.15, -0.1) is 6.58 Å². The van der Waals surface area contributed by atoms with E-state index in [9.17, 15) is 4.79 Å². The Kier molecular flexibility index (Phi) is 8.02. The predicted octanol–water partition coefficient (Wildman–Crippen LogP) is 2.10. The lowest BCUT2D eigenvalue weighted by molar-refractivity contribution is 0.0955. The second-order valence-corrected chi connectivity index (χ2v) is 5.28. The van der Waals surface area contributed by atoms with E-state index in [1.54, 1.807) is 11.8 Å². The molecule has 1 aromatic rings. The summed E-state index contributed by atoms with van der Waals surface area (Å²) in [4.78, 5) is 12.1. The van der Waals surface area contributed by atoms with Crippen LogP contribution in [0.4, 0.5) is 0 Å². The maximum atomic E-state index is 12.1. The Balaban J connectivity index is 2.48. The quantitative estimate of drug-likeness (QED) is 0.537. The van der Waals surface area contributed by atoms with Gasteiger partial charge in [0.15, 0.2) is 0 Å². The highest BCUT2D eigenvalue weighted by Crippen LogP contribution is 2.09. The van der Waals surface area contributed by atoms with Crippen LogP contribution in [-0.2, 0) is 6.42 Å². The molecule has 2 N–H and O–H groups in total. The van der Waals surface area contributed by atoms with Crippen molar-refractivity contribution in [2.24, 2.45) is 0 Å². The second kappa shape index (κ2) is 9.64. The molecule has 3 nitrogen and oxygen atoms in total. The number of nitrogens with one attached hydrogen (secondary N) is 2. The molecular weight excluding hydrogens is 256 g/mol. The predicted molar refractivity (Wildman–Crippen MR) is 83.9 cm³/mol. The maximum Gasteiger partial charge on any atom is 0.251 e. The van der Waals surface area contributed by atoms with E-state index in [0.717, 1.165) is 35.6 Å². The normalized spacial score (nSPS) is 10.2. The van der Waals surface area contributed by atoms with Crippen LogP contribution < -0.4 is 10.6 Å². The Morgan fingerprint density at radius 3 is 2.89 bits per heavy atom. The third-order valence-electron chi connectivity index (χ3n) is 2.67. The van der Waals surface area contributed by atoms with Crippen LogP contribution in [0.15, 0.2) is 36.9 Å². The zero-order valence-corrected chi connectivity index (χ0v) is 12.3. The van der Waals surface area contributed by atoms with Crippen LogP contribution >= 0.6 is 11.8 Å². The molecule has 0 saturated carbocycles.